The molecule has 1 heterocycles. The highest BCUT2D eigenvalue weighted by Gasteiger charge is 2.02. The van der Waals surface area contributed by atoms with Crippen molar-refractivity contribution in [1.82, 2.24) is 5.01 Å². The molecule has 0 aromatic heterocycles. The molecule has 0 aromatic rings. The average Bonchev–Trinajstić information content (AvgIpc) is 1.85. The van der Waals surface area contributed by atoms with Crippen LogP contribution < -0.4 is 11.0 Å². The fourth-order valence-electron chi connectivity index (χ4n) is 0.918. The van der Waals surface area contributed by atoms with Crippen LogP contribution >= 0.6 is 0 Å². The molecule has 12 heavy (non-hydrogen) atoms. The van der Waals surface area contributed by atoms with Crippen molar-refractivity contribution >= 4 is 10.3 Å². The molecule has 0 aromatic carbocycles. The smallest absolute Gasteiger partial charge is 0.274 e. The van der Waals surface area contributed by atoms with Gasteiger partial charge in [0.2, 0.25) is 0 Å². The standard InChI is InChI=1S/C5H12N2.H3NO3S/c6-7-4-2-1-3-5-7;1-5(2,3)4/h1-6H2;(H3,1,2,3,4). The van der Waals surface area contributed by atoms with Gasteiger partial charge in [0, 0.05) is 13.1 Å². The third-order valence-electron chi connectivity index (χ3n) is 1.39. The van der Waals surface area contributed by atoms with Crippen molar-refractivity contribution in [2.75, 3.05) is 13.1 Å². The lowest BCUT2D eigenvalue weighted by molar-refractivity contribution is 0.235. The van der Waals surface area contributed by atoms with Gasteiger partial charge < -0.3 is 0 Å². The molecule has 1 fully saturated rings. The van der Waals surface area contributed by atoms with Crippen LogP contribution in [-0.2, 0) is 10.3 Å². The highest BCUT2D eigenvalue weighted by Crippen LogP contribution is 2.03. The summed E-state index contributed by atoms with van der Waals surface area (Å²) in [5.41, 5.74) is 0. The van der Waals surface area contributed by atoms with Gasteiger partial charge in [0.1, 0.15) is 0 Å². The van der Waals surface area contributed by atoms with Crippen molar-refractivity contribution in [3.63, 3.8) is 0 Å². The van der Waals surface area contributed by atoms with E-state index in [0.29, 0.717) is 0 Å². The molecule has 0 unspecified atom stereocenters. The van der Waals surface area contributed by atoms with Crippen LogP contribution in [0.25, 0.3) is 0 Å². The first-order chi connectivity index (χ1) is 5.39. The van der Waals surface area contributed by atoms with Gasteiger partial charge in [-0.2, -0.15) is 8.42 Å². The second-order valence-electron chi connectivity index (χ2n) is 2.61. The van der Waals surface area contributed by atoms with Gasteiger partial charge in [0.25, 0.3) is 0 Å². The third-order valence-corrected chi connectivity index (χ3v) is 1.39. The Morgan fingerprint density at radius 3 is 1.67 bits per heavy atom. The Labute approximate surface area is 72.4 Å². The predicted octanol–water partition coefficient (Wildman–Crippen LogP) is -0.906. The molecule has 1 saturated heterocycles. The van der Waals surface area contributed by atoms with Gasteiger partial charge in [0.15, 0.2) is 0 Å². The normalized spacial score (nSPS) is 19.6. The number of piperidine rings is 1. The van der Waals surface area contributed by atoms with E-state index in [1.807, 2.05) is 5.01 Å². The third kappa shape index (κ3) is 12.5. The Morgan fingerprint density at radius 2 is 1.50 bits per heavy atom. The summed E-state index contributed by atoms with van der Waals surface area (Å²) in [6.45, 7) is 2.19. The Bertz CT molecular complexity index is 190. The SMILES string of the molecule is NN1CCCCC1.NS(=O)(=O)O. The van der Waals surface area contributed by atoms with Gasteiger partial charge in [-0.15, -0.1) is 0 Å². The predicted molar refractivity (Wildman–Crippen MR) is 45.3 cm³/mol. The second kappa shape index (κ2) is 5.44. The zero-order chi connectivity index (χ0) is 9.61. The van der Waals surface area contributed by atoms with E-state index < -0.39 is 10.3 Å². The topological polar surface area (TPSA) is 110 Å². The van der Waals surface area contributed by atoms with E-state index >= 15 is 0 Å². The molecule has 6 nitrogen and oxygen atoms in total. The fraction of sp³-hybridized carbons (Fsp3) is 1.00. The number of nitrogens with zero attached hydrogens (tertiary/aromatic N) is 1. The van der Waals surface area contributed by atoms with Gasteiger partial charge in [-0.3, -0.25) is 10.4 Å². The highest BCUT2D eigenvalue weighted by molar-refractivity contribution is 7.83. The molecule has 7 heteroatoms. The van der Waals surface area contributed by atoms with Gasteiger partial charge >= 0.3 is 10.3 Å². The molecule has 74 valence electrons. The molecular weight excluding hydrogens is 182 g/mol. The minimum atomic E-state index is -4.17. The zero-order valence-corrected chi connectivity index (χ0v) is 7.63. The molecule has 5 N–H and O–H groups in total. The molecule has 0 radical (unpaired) electrons. The van der Waals surface area contributed by atoms with Crippen molar-refractivity contribution in [3.05, 3.63) is 0 Å². The van der Waals surface area contributed by atoms with Crippen molar-refractivity contribution in [2.24, 2.45) is 11.0 Å². The van der Waals surface area contributed by atoms with E-state index in [4.69, 9.17) is 18.8 Å². The van der Waals surface area contributed by atoms with Crippen LogP contribution in [0.4, 0.5) is 0 Å². The molecule has 0 atom stereocenters. The van der Waals surface area contributed by atoms with E-state index in [1.54, 1.807) is 0 Å². The molecule has 0 saturated carbocycles. The molecule has 0 spiro atoms. The van der Waals surface area contributed by atoms with Gasteiger partial charge in [-0.25, -0.2) is 10.1 Å². The number of rotatable bonds is 0. The highest BCUT2D eigenvalue weighted by atomic mass is 32.2. The summed E-state index contributed by atoms with van der Waals surface area (Å²) in [6, 6.07) is 0. The van der Waals surface area contributed by atoms with Crippen LogP contribution in [0.5, 0.6) is 0 Å². The Morgan fingerprint density at radius 1 is 1.17 bits per heavy atom. The lowest BCUT2D eigenvalue weighted by Crippen LogP contribution is -2.35. The fourth-order valence-corrected chi connectivity index (χ4v) is 0.918. The number of hydrazine groups is 1. The van der Waals surface area contributed by atoms with Crippen LogP contribution in [0.15, 0.2) is 0 Å². The Kier molecular flexibility index (Phi) is 5.34. The average molecular weight is 197 g/mol. The van der Waals surface area contributed by atoms with E-state index in [0.717, 1.165) is 13.1 Å². The minimum absolute atomic E-state index is 1.10. The van der Waals surface area contributed by atoms with Crippen LogP contribution in [0.3, 0.4) is 0 Å². The van der Waals surface area contributed by atoms with E-state index in [1.165, 1.54) is 19.3 Å². The minimum Gasteiger partial charge on any atom is -0.274 e. The van der Waals surface area contributed by atoms with Gasteiger partial charge in [0.05, 0.1) is 0 Å². The molecule has 1 aliphatic rings. The zero-order valence-electron chi connectivity index (χ0n) is 6.81. The first kappa shape index (κ1) is 11.8. The summed E-state index contributed by atoms with van der Waals surface area (Å²) in [6.07, 6.45) is 3.95. The van der Waals surface area contributed by atoms with Crippen LogP contribution in [0.2, 0.25) is 0 Å². The van der Waals surface area contributed by atoms with Crippen LogP contribution in [0, 0.1) is 0 Å². The summed E-state index contributed by atoms with van der Waals surface area (Å²) in [5.74, 6) is 5.47. The van der Waals surface area contributed by atoms with Gasteiger partial charge in [-0.05, 0) is 12.8 Å². The summed E-state index contributed by atoms with van der Waals surface area (Å²) < 4.78 is 25.2. The van der Waals surface area contributed by atoms with E-state index in [2.05, 4.69) is 5.14 Å². The van der Waals surface area contributed by atoms with Crippen LogP contribution in [-0.4, -0.2) is 31.1 Å². The summed E-state index contributed by atoms with van der Waals surface area (Å²) >= 11 is 0. The number of hydrogen-bond acceptors (Lipinski definition) is 4. The monoisotopic (exact) mass is 197 g/mol. The maximum absolute atomic E-state index is 8.97. The lowest BCUT2D eigenvalue weighted by atomic mass is 10.2. The first-order valence-corrected chi connectivity index (χ1v) is 5.15. The molecular formula is C5H15N3O3S. The van der Waals surface area contributed by atoms with Crippen molar-refractivity contribution in [2.45, 2.75) is 19.3 Å². The van der Waals surface area contributed by atoms with Crippen molar-refractivity contribution < 1.29 is 13.0 Å². The van der Waals surface area contributed by atoms with Crippen molar-refractivity contribution in [3.8, 4) is 0 Å². The second-order valence-corrected chi connectivity index (χ2v) is 3.64. The Balaban J connectivity index is 0.000000217. The lowest BCUT2D eigenvalue weighted by Gasteiger charge is -2.20. The summed E-state index contributed by atoms with van der Waals surface area (Å²) in [4.78, 5) is 0. The van der Waals surface area contributed by atoms with Crippen LogP contribution in [0.1, 0.15) is 19.3 Å². The molecule has 1 aliphatic heterocycles. The Hall–Kier alpha value is -0.210. The van der Waals surface area contributed by atoms with E-state index in [-0.39, 0.29) is 0 Å². The van der Waals surface area contributed by atoms with Gasteiger partial charge in [-0.1, -0.05) is 6.42 Å². The maximum atomic E-state index is 8.97. The molecule has 0 bridgehead atoms. The molecule has 0 amide bonds. The molecule has 1 rings (SSSR count). The van der Waals surface area contributed by atoms with E-state index in [9.17, 15) is 0 Å². The maximum Gasteiger partial charge on any atom is 0.330 e. The number of hydrogen-bond donors (Lipinski definition) is 3. The number of nitrogens with two attached hydrogens (primary N) is 2. The molecule has 0 aliphatic carbocycles. The summed E-state index contributed by atoms with van der Waals surface area (Å²) in [5, 5.41) is 5.77. The summed E-state index contributed by atoms with van der Waals surface area (Å²) in [7, 11) is -4.17. The quantitative estimate of drug-likeness (QED) is 0.344. The first-order valence-electron chi connectivity index (χ1n) is 3.64. The van der Waals surface area contributed by atoms with Crippen molar-refractivity contribution in [1.29, 1.82) is 0 Å². The largest absolute Gasteiger partial charge is 0.330 e.